The molecule has 2 atom stereocenters. The number of aliphatic carboxylic acids is 1. The highest BCUT2D eigenvalue weighted by molar-refractivity contribution is 7.22. The zero-order chi connectivity index (χ0) is 18.8. The summed E-state index contributed by atoms with van der Waals surface area (Å²) in [7, 11) is 0. The van der Waals surface area contributed by atoms with Crippen molar-refractivity contribution in [2.24, 2.45) is 0 Å². The number of ether oxygens (including phenoxy) is 1. The zero-order valence-electron chi connectivity index (χ0n) is 14.9. The van der Waals surface area contributed by atoms with E-state index < -0.39 is 5.97 Å². The minimum atomic E-state index is -0.772. The van der Waals surface area contributed by atoms with Gasteiger partial charge in [0.05, 0.1) is 16.3 Å². The van der Waals surface area contributed by atoms with Gasteiger partial charge in [0.1, 0.15) is 5.75 Å². The predicted octanol–water partition coefficient (Wildman–Crippen LogP) is 4.61. The normalized spacial score (nSPS) is 19.4. The van der Waals surface area contributed by atoms with E-state index in [0.717, 1.165) is 40.8 Å². The van der Waals surface area contributed by atoms with Crippen LogP contribution in [0.5, 0.6) is 5.75 Å². The number of carbonyl (C=O) groups is 1. The van der Waals surface area contributed by atoms with Gasteiger partial charge in [0.15, 0.2) is 5.13 Å². The summed E-state index contributed by atoms with van der Waals surface area (Å²) in [4.78, 5) is 15.0. The van der Waals surface area contributed by atoms with Gasteiger partial charge in [-0.05, 0) is 67.0 Å². The van der Waals surface area contributed by atoms with Gasteiger partial charge in [0, 0.05) is 6.42 Å². The fourth-order valence-electron chi connectivity index (χ4n) is 3.74. The quantitative estimate of drug-likeness (QED) is 0.650. The minimum Gasteiger partial charge on any atom is -0.490 e. The molecule has 0 amide bonds. The number of fused-ring (bicyclic) bond motifs is 1. The summed E-state index contributed by atoms with van der Waals surface area (Å²) in [5.74, 6) is 0.578. The van der Waals surface area contributed by atoms with Crippen molar-refractivity contribution in [3.05, 3.63) is 53.6 Å². The maximum absolute atomic E-state index is 10.7. The topological polar surface area (TPSA) is 85.4 Å². The Kier molecular flexibility index (Phi) is 4.99. The first-order valence-electron chi connectivity index (χ1n) is 9.20. The molecule has 1 saturated carbocycles. The largest absolute Gasteiger partial charge is 0.490 e. The third kappa shape index (κ3) is 4.22. The summed E-state index contributed by atoms with van der Waals surface area (Å²) in [5, 5.41) is 9.38. The van der Waals surface area contributed by atoms with Crippen LogP contribution in [0.2, 0.25) is 0 Å². The number of nitrogens with zero attached hydrogens (tertiary/aromatic N) is 1. The Balaban J connectivity index is 1.36. The number of carboxylic acids is 1. The number of nitrogen functional groups attached to an aromatic ring is 1. The van der Waals surface area contributed by atoms with E-state index in [1.54, 1.807) is 0 Å². The van der Waals surface area contributed by atoms with Gasteiger partial charge in [0.2, 0.25) is 0 Å². The summed E-state index contributed by atoms with van der Waals surface area (Å²) in [6.45, 7) is 0. The molecule has 3 aromatic rings. The van der Waals surface area contributed by atoms with Crippen molar-refractivity contribution in [2.75, 3.05) is 5.73 Å². The molecule has 3 N–H and O–H groups in total. The smallest absolute Gasteiger partial charge is 0.303 e. The van der Waals surface area contributed by atoms with E-state index >= 15 is 0 Å². The van der Waals surface area contributed by atoms with Crippen LogP contribution in [0.15, 0.2) is 42.5 Å². The molecule has 1 fully saturated rings. The lowest BCUT2D eigenvalue weighted by molar-refractivity contribution is -0.136. The molecule has 0 saturated heterocycles. The van der Waals surface area contributed by atoms with Crippen LogP contribution in [0.25, 0.3) is 10.2 Å². The lowest BCUT2D eigenvalue weighted by atomic mass is 9.97. The van der Waals surface area contributed by atoms with Crippen LogP contribution in [0.4, 0.5) is 5.13 Å². The molecule has 0 spiro atoms. The second kappa shape index (κ2) is 7.56. The first-order valence-corrected chi connectivity index (χ1v) is 10.0. The molecule has 0 radical (unpaired) electrons. The summed E-state index contributed by atoms with van der Waals surface area (Å²) in [6, 6.07) is 14.2. The second-order valence-electron chi connectivity index (χ2n) is 7.07. The van der Waals surface area contributed by atoms with Crippen molar-refractivity contribution in [2.45, 2.75) is 44.1 Å². The highest BCUT2D eigenvalue weighted by Gasteiger charge is 2.27. The van der Waals surface area contributed by atoms with E-state index in [4.69, 9.17) is 15.6 Å². The molecule has 1 aliphatic rings. The molecular formula is C21H22N2O3S. The molecule has 1 heterocycles. The molecule has 6 heteroatoms. The lowest BCUT2D eigenvalue weighted by Gasteiger charge is -2.15. The van der Waals surface area contributed by atoms with Crippen molar-refractivity contribution >= 4 is 32.7 Å². The number of aryl methyl sites for hydroxylation is 1. The van der Waals surface area contributed by atoms with Crippen LogP contribution in [-0.4, -0.2) is 22.2 Å². The molecule has 0 bridgehead atoms. The number of anilines is 1. The number of carboxylic acid groups (broad SMARTS) is 1. The van der Waals surface area contributed by atoms with E-state index in [-0.39, 0.29) is 12.5 Å². The summed E-state index contributed by atoms with van der Waals surface area (Å²) < 4.78 is 7.30. The van der Waals surface area contributed by atoms with Crippen LogP contribution >= 0.6 is 11.3 Å². The third-order valence-electron chi connectivity index (χ3n) is 5.14. The van der Waals surface area contributed by atoms with Gasteiger partial charge in [-0.2, -0.15) is 0 Å². The second-order valence-corrected chi connectivity index (χ2v) is 8.13. The molecule has 1 aromatic heterocycles. The van der Waals surface area contributed by atoms with Gasteiger partial charge < -0.3 is 15.6 Å². The van der Waals surface area contributed by atoms with Crippen LogP contribution in [0.1, 0.15) is 42.7 Å². The van der Waals surface area contributed by atoms with Gasteiger partial charge in [-0.3, -0.25) is 4.79 Å². The Morgan fingerprint density at radius 2 is 2.04 bits per heavy atom. The molecule has 27 heavy (non-hydrogen) atoms. The highest BCUT2D eigenvalue weighted by Crippen LogP contribution is 2.38. The monoisotopic (exact) mass is 382 g/mol. The highest BCUT2D eigenvalue weighted by atomic mass is 32.1. The predicted molar refractivity (Wildman–Crippen MR) is 107 cm³/mol. The summed E-state index contributed by atoms with van der Waals surface area (Å²) in [6.07, 6.45) is 4.06. The first-order chi connectivity index (χ1) is 13.1. The van der Waals surface area contributed by atoms with Gasteiger partial charge in [0.25, 0.3) is 0 Å². The molecule has 2 aromatic carbocycles. The Hall–Kier alpha value is -2.60. The minimum absolute atomic E-state index is 0.153. The van der Waals surface area contributed by atoms with Crippen LogP contribution in [-0.2, 0) is 11.2 Å². The number of nitrogens with two attached hydrogens (primary N) is 1. The standard InChI is InChI=1S/C21H22N2O3S/c22-21-23-18-9-5-15(12-19(18)27-21)14-4-8-17(11-14)26-16-6-1-13(2-7-16)3-10-20(24)25/h1-2,5-7,9,12,14,17H,3-4,8,10-11H2,(H2,22,23)(H,24,25). The molecule has 5 nitrogen and oxygen atoms in total. The Labute approximate surface area is 161 Å². The van der Waals surface area contributed by atoms with Crippen molar-refractivity contribution in [3.63, 3.8) is 0 Å². The van der Waals surface area contributed by atoms with E-state index in [9.17, 15) is 4.79 Å². The molecule has 2 unspecified atom stereocenters. The maximum atomic E-state index is 10.7. The fraction of sp³-hybridized carbons (Fsp3) is 0.333. The van der Waals surface area contributed by atoms with Gasteiger partial charge in [-0.15, -0.1) is 0 Å². The third-order valence-corrected chi connectivity index (χ3v) is 5.99. The number of rotatable bonds is 6. The van der Waals surface area contributed by atoms with E-state index in [1.807, 2.05) is 24.3 Å². The number of hydrogen-bond acceptors (Lipinski definition) is 5. The number of aromatic nitrogens is 1. The number of thiazole rings is 1. The van der Waals surface area contributed by atoms with Crippen molar-refractivity contribution in [1.82, 2.24) is 4.98 Å². The average Bonchev–Trinajstić information content (AvgIpc) is 3.26. The van der Waals surface area contributed by atoms with Gasteiger partial charge >= 0.3 is 5.97 Å². The van der Waals surface area contributed by atoms with Crippen molar-refractivity contribution < 1.29 is 14.6 Å². The maximum Gasteiger partial charge on any atom is 0.303 e. The SMILES string of the molecule is Nc1nc2ccc(C3CCC(Oc4ccc(CCC(=O)O)cc4)C3)cc2s1. The van der Waals surface area contributed by atoms with Crippen molar-refractivity contribution in [3.8, 4) is 5.75 Å². The Morgan fingerprint density at radius 3 is 2.81 bits per heavy atom. The van der Waals surface area contributed by atoms with E-state index in [1.165, 1.54) is 16.9 Å². The number of hydrogen-bond donors (Lipinski definition) is 2. The molecule has 1 aliphatic carbocycles. The van der Waals surface area contributed by atoms with E-state index in [0.29, 0.717) is 17.5 Å². The Bertz CT molecular complexity index is 952. The molecule has 140 valence electrons. The zero-order valence-corrected chi connectivity index (χ0v) is 15.7. The summed E-state index contributed by atoms with van der Waals surface area (Å²) >= 11 is 1.53. The Morgan fingerprint density at radius 1 is 1.22 bits per heavy atom. The van der Waals surface area contributed by atoms with Crippen LogP contribution in [0, 0.1) is 0 Å². The van der Waals surface area contributed by atoms with Crippen LogP contribution < -0.4 is 10.5 Å². The van der Waals surface area contributed by atoms with E-state index in [2.05, 4.69) is 23.2 Å². The van der Waals surface area contributed by atoms with Crippen molar-refractivity contribution in [1.29, 1.82) is 0 Å². The molecule has 4 rings (SSSR count). The average molecular weight is 382 g/mol. The van der Waals surface area contributed by atoms with Gasteiger partial charge in [-0.25, -0.2) is 4.98 Å². The first kappa shape index (κ1) is 17.8. The lowest BCUT2D eigenvalue weighted by Crippen LogP contribution is -2.12. The fourth-order valence-corrected chi connectivity index (χ4v) is 4.52. The molecule has 0 aliphatic heterocycles. The number of benzene rings is 2. The van der Waals surface area contributed by atoms with Gasteiger partial charge in [-0.1, -0.05) is 29.5 Å². The molecular weight excluding hydrogens is 360 g/mol. The summed E-state index contributed by atoms with van der Waals surface area (Å²) in [5.41, 5.74) is 9.13. The van der Waals surface area contributed by atoms with Crippen LogP contribution in [0.3, 0.4) is 0 Å².